The maximum absolute atomic E-state index is 13.2. The molecule has 2 aromatic carbocycles. The van der Waals surface area contributed by atoms with Gasteiger partial charge in [0, 0.05) is 0 Å². The van der Waals surface area contributed by atoms with Crippen LogP contribution in [0.3, 0.4) is 0 Å². The third-order valence-corrected chi connectivity index (χ3v) is 5.28. The molecule has 0 amide bonds. The van der Waals surface area contributed by atoms with Gasteiger partial charge in [-0.25, -0.2) is 8.78 Å². The lowest BCUT2D eigenvalue weighted by atomic mass is 9.77. The van der Waals surface area contributed by atoms with Gasteiger partial charge in [0.05, 0.1) is 0 Å². The number of hydrogen-bond acceptors (Lipinski definition) is 1. The first kappa shape index (κ1) is 17.9. The first-order chi connectivity index (χ1) is 12.2. The molecule has 3 rings (SSSR count). The number of halogens is 2. The topological polar surface area (TPSA) is 9.23 Å². The first-order valence-corrected chi connectivity index (χ1v) is 9.32. The Morgan fingerprint density at radius 3 is 2.28 bits per heavy atom. The van der Waals surface area contributed by atoms with Crippen molar-refractivity contribution in [3.63, 3.8) is 0 Å². The Balaban J connectivity index is 1.53. The second-order valence-electron chi connectivity index (χ2n) is 7.11. The quantitative estimate of drug-likeness (QED) is 0.572. The summed E-state index contributed by atoms with van der Waals surface area (Å²) in [7, 11) is 0. The zero-order chi connectivity index (χ0) is 17.6. The first-order valence-electron chi connectivity index (χ1n) is 9.32. The second kappa shape index (κ2) is 8.46. The van der Waals surface area contributed by atoms with Crippen LogP contribution in [-0.4, -0.2) is 0 Å². The monoisotopic (exact) mass is 344 g/mol. The molecule has 1 aliphatic carbocycles. The van der Waals surface area contributed by atoms with Crippen LogP contribution in [-0.2, 0) is 6.61 Å². The van der Waals surface area contributed by atoms with Crippen LogP contribution in [0.2, 0.25) is 0 Å². The lowest BCUT2D eigenvalue weighted by Crippen LogP contribution is -2.13. The van der Waals surface area contributed by atoms with E-state index in [1.54, 1.807) is 6.07 Å². The van der Waals surface area contributed by atoms with E-state index in [1.165, 1.54) is 50.2 Å². The van der Waals surface area contributed by atoms with Gasteiger partial charge in [-0.05, 0) is 72.9 Å². The van der Waals surface area contributed by atoms with Crippen LogP contribution < -0.4 is 4.74 Å². The third kappa shape index (κ3) is 4.81. The van der Waals surface area contributed by atoms with Gasteiger partial charge in [-0.15, -0.1) is 0 Å². The predicted molar refractivity (Wildman–Crippen MR) is 96.7 cm³/mol. The fourth-order valence-electron chi connectivity index (χ4n) is 3.83. The molecule has 0 aromatic heterocycles. The summed E-state index contributed by atoms with van der Waals surface area (Å²) >= 11 is 0. The molecule has 3 heteroatoms. The van der Waals surface area contributed by atoms with Crippen LogP contribution >= 0.6 is 0 Å². The highest BCUT2D eigenvalue weighted by molar-refractivity contribution is 5.30. The molecule has 0 unspecified atom stereocenters. The van der Waals surface area contributed by atoms with Crippen molar-refractivity contribution >= 4 is 0 Å². The van der Waals surface area contributed by atoms with Crippen molar-refractivity contribution < 1.29 is 13.5 Å². The minimum Gasteiger partial charge on any atom is -0.489 e. The van der Waals surface area contributed by atoms with Crippen LogP contribution in [0.25, 0.3) is 0 Å². The van der Waals surface area contributed by atoms with E-state index in [-0.39, 0.29) is 6.61 Å². The molecule has 0 N–H and O–H groups in total. The molecule has 0 saturated heterocycles. The summed E-state index contributed by atoms with van der Waals surface area (Å²) in [6, 6.07) is 12.1. The van der Waals surface area contributed by atoms with E-state index in [0.29, 0.717) is 11.5 Å². The van der Waals surface area contributed by atoms with E-state index < -0.39 is 11.6 Å². The molecular formula is C22H26F2O. The average Bonchev–Trinajstić information content (AvgIpc) is 2.64. The Bertz CT molecular complexity index is 673. The van der Waals surface area contributed by atoms with Crippen molar-refractivity contribution in [3.05, 3.63) is 65.2 Å². The summed E-state index contributed by atoms with van der Waals surface area (Å²) in [6.07, 6.45) is 7.89. The van der Waals surface area contributed by atoms with Crippen LogP contribution in [0, 0.1) is 17.6 Å². The molecule has 1 aliphatic rings. The molecule has 25 heavy (non-hydrogen) atoms. The van der Waals surface area contributed by atoms with Gasteiger partial charge in [-0.3, -0.25) is 0 Å². The van der Waals surface area contributed by atoms with Gasteiger partial charge in [-0.1, -0.05) is 38.0 Å². The second-order valence-corrected chi connectivity index (χ2v) is 7.11. The minimum atomic E-state index is -0.838. The largest absolute Gasteiger partial charge is 0.489 e. The molecule has 1 fully saturated rings. The standard InChI is InChI=1S/C22H26F2O/c1-2-3-16-4-7-18(8-5-16)19-9-11-20(12-10-19)25-15-17-6-13-21(23)22(24)14-17/h6,9-14,16,18H,2-5,7-8,15H2,1H3. The van der Waals surface area contributed by atoms with Crippen LogP contribution in [0.1, 0.15) is 62.5 Å². The van der Waals surface area contributed by atoms with Crippen molar-refractivity contribution in [3.8, 4) is 5.75 Å². The van der Waals surface area contributed by atoms with Crippen molar-refractivity contribution in [2.75, 3.05) is 0 Å². The van der Waals surface area contributed by atoms with E-state index in [0.717, 1.165) is 17.7 Å². The van der Waals surface area contributed by atoms with E-state index >= 15 is 0 Å². The van der Waals surface area contributed by atoms with E-state index in [9.17, 15) is 8.78 Å². The van der Waals surface area contributed by atoms with Crippen molar-refractivity contribution in [1.82, 2.24) is 0 Å². The summed E-state index contributed by atoms with van der Waals surface area (Å²) in [5.74, 6) is 0.665. The maximum Gasteiger partial charge on any atom is 0.159 e. The maximum atomic E-state index is 13.2. The van der Waals surface area contributed by atoms with Gasteiger partial charge in [-0.2, -0.15) is 0 Å². The minimum absolute atomic E-state index is 0.235. The highest BCUT2D eigenvalue weighted by Gasteiger charge is 2.21. The Hall–Kier alpha value is -1.90. The number of rotatable bonds is 6. The molecule has 1 saturated carbocycles. The molecule has 0 heterocycles. The highest BCUT2D eigenvalue weighted by Crippen LogP contribution is 2.37. The fourth-order valence-corrected chi connectivity index (χ4v) is 3.83. The number of hydrogen-bond donors (Lipinski definition) is 0. The van der Waals surface area contributed by atoms with Crippen LogP contribution in [0.4, 0.5) is 8.78 Å². The molecule has 0 aliphatic heterocycles. The number of ether oxygens (including phenoxy) is 1. The summed E-state index contributed by atoms with van der Waals surface area (Å²) in [5.41, 5.74) is 2.01. The molecule has 0 atom stereocenters. The van der Waals surface area contributed by atoms with Crippen LogP contribution in [0.15, 0.2) is 42.5 Å². The van der Waals surface area contributed by atoms with Crippen molar-refractivity contribution in [2.45, 2.75) is 58.0 Å². The molecule has 134 valence electrons. The van der Waals surface area contributed by atoms with Gasteiger partial charge in [0.1, 0.15) is 12.4 Å². The molecule has 0 spiro atoms. The molecular weight excluding hydrogens is 318 g/mol. The van der Waals surface area contributed by atoms with E-state index in [1.807, 2.05) is 12.1 Å². The van der Waals surface area contributed by atoms with E-state index in [4.69, 9.17) is 4.74 Å². The highest BCUT2D eigenvalue weighted by atomic mass is 19.2. The molecule has 1 nitrogen and oxygen atoms in total. The Kier molecular flexibility index (Phi) is 6.06. The Morgan fingerprint density at radius 2 is 1.64 bits per heavy atom. The third-order valence-electron chi connectivity index (χ3n) is 5.28. The van der Waals surface area contributed by atoms with Gasteiger partial charge < -0.3 is 4.74 Å². The van der Waals surface area contributed by atoms with Crippen LogP contribution in [0.5, 0.6) is 5.75 Å². The SMILES string of the molecule is CCCC1CCC(c2ccc(OCc3ccc(F)c(F)c3)cc2)CC1. The Morgan fingerprint density at radius 1 is 0.920 bits per heavy atom. The lowest BCUT2D eigenvalue weighted by Gasteiger charge is -2.28. The average molecular weight is 344 g/mol. The van der Waals surface area contributed by atoms with Crippen molar-refractivity contribution in [1.29, 1.82) is 0 Å². The Labute approximate surface area is 149 Å². The van der Waals surface area contributed by atoms with Gasteiger partial charge >= 0.3 is 0 Å². The predicted octanol–water partition coefficient (Wildman–Crippen LogP) is 6.62. The molecule has 0 bridgehead atoms. The summed E-state index contributed by atoms with van der Waals surface area (Å²) in [5, 5.41) is 0. The van der Waals surface area contributed by atoms with Gasteiger partial charge in [0.15, 0.2) is 11.6 Å². The molecule has 2 aromatic rings. The summed E-state index contributed by atoms with van der Waals surface area (Å²) < 4.78 is 31.8. The smallest absolute Gasteiger partial charge is 0.159 e. The summed E-state index contributed by atoms with van der Waals surface area (Å²) in [4.78, 5) is 0. The zero-order valence-electron chi connectivity index (χ0n) is 14.8. The van der Waals surface area contributed by atoms with Crippen molar-refractivity contribution in [2.24, 2.45) is 5.92 Å². The zero-order valence-corrected chi connectivity index (χ0v) is 14.8. The number of benzene rings is 2. The fraction of sp³-hybridized carbons (Fsp3) is 0.455. The van der Waals surface area contributed by atoms with Gasteiger partial charge in [0.25, 0.3) is 0 Å². The molecule has 0 radical (unpaired) electrons. The normalized spacial score (nSPS) is 20.4. The lowest BCUT2D eigenvalue weighted by molar-refractivity contribution is 0.302. The van der Waals surface area contributed by atoms with Gasteiger partial charge in [0.2, 0.25) is 0 Å². The van der Waals surface area contributed by atoms with E-state index in [2.05, 4.69) is 19.1 Å². The summed E-state index contributed by atoms with van der Waals surface area (Å²) in [6.45, 7) is 2.50.